The number of hydrogen-bond acceptors (Lipinski definition) is 3. The molecule has 1 fully saturated rings. The van der Waals surface area contributed by atoms with Gasteiger partial charge in [0.25, 0.3) is 12.3 Å². The number of nitrogens with zero attached hydrogens (tertiary/aromatic N) is 2. The van der Waals surface area contributed by atoms with Gasteiger partial charge < -0.3 is 9.62 Å². The summed E-state index contributed by atoms with van der Waals surface area (Å²) in [6.07, 6.45) is 6.79. The number of hydrogen-bond donors (Lipinski definition) is 1. The molecule has 3 rings (SSSR count). The number of fused-ring (bicyclic) bond motifs is 1. The molecule has 0 saturated heterocycles. The van der Waals surface area contributed by atoms with Gasteiger partial charge in [0.15, 0.2) is 0 Å². The Morgan fingerprint density at radius 2 is 2.06 bits per heavy atom. The first-order valence-corrected chi connectivity index (χ1v) is 5.96. The molecule has 1 aliphatic carbocycles. The van der Waals surface area contributed by atoms with E-state index in [0.717, 1.165) is 30.4 Å². The van der Waals surface area contributed by atoms with Gasteiger partial charge in [-0.1, -0.05) is 0 Å². The summed E-state index contributed by atoms with van der Waals surface area (Å²) in [7, 11) is 0. The lowest BCUT2D eigenvalue weighted by Gasteiger charge is -2.27. The van der Waals surface area contributed by atoms with Crippen LogP contribution in [0.5, 0.6) is 0 Å². The minimum Gasteiger partial charge on any atom is -0.623 e. The highest BCUT2D eigenvalue weighted by Gasteiger charge is 2.46. The van der Waals surface area contributed by atoms with E-state index in [1.807, 2.05) is 0 Å². The van der Waals surface area contributed by atoms with Crippen LogP contribution in [0.3, 0.4) is 0 Å². The summed E-state index contributed by atoms with van der Waals surface area (Å²) in [6.45, 7) is 0. The van der Waals surface area contributed by atoms with E-state index in [4.69, 9.17) is 4.42 Å². The Balaban J connectivity index is 2.03. The normalized spacial score (nSPS) is 28.8. The second kappa shape index (κ2) is 3.91. The number of furan rings is 1. The summed E-state index contributed by atoms with van der Waals surface area (Å²) in [5.41, 5.74) is 0.403. The first-order valence-electron chi connectivity index (χ1n) is 5.96. The van der Waals surface area contributed by atoms with Crippen LogP contribution < -0.4 is 0 Å². The molecule has 5 nitrogen and oxygen atoms in total. The van der Waals surface area contributed by atoms with Gasteiger partial charge in [-0.15, -0.1) is 0 Å². The van der Waals surface area contributed by atoms with Crippen LogP contribution in [0, 0.1) is 5.21 Å². The highest BCUT2D eigenvalue weighted by Crippen LogP contribution is 2.25. The molecule has 5 heteroatoms. The van der Waals surface area contributed by atoms with E-state index in [9.17, 15) is 10.4 Å². The quantitative estimate of drug-likeness (QED) is 0.454. The second-order valence-corrected chi connectivity index (χ2v) is 4.62. The molecule has 1 aromatic rings. The minimum absolute atomic E-state index is 0.0834. The minimum atomic E-state index is -0.168. The highest BCUT2D eigenvalue weighted by molar-refractivity contribution is 6.33. The van der Waals surface area contributed by atoms with E-state index >= 15 is 0 Å². The van der Waals surface area contributed by atoms with Crippen molar-refractivity contribution in [2.45, 2.75) is 37.8 Å². The van der Waals surface area contributed by atoms with E-state index in [-0.39, 0.29) is 12.1 Å². The molecule has 17 heavy (non-hydrogen) atoms. The molecule has 2 atom stereocenters. The highest BCUT2D eigenvalue weighted by atomic mass is 16.5. The zero-order chi connectivity index (χ0) is 11.8. The summed E-state index contributed by atoms with van der Waals surface area (Å²) >= 11 is 0. The molecular formula is C12H15N2O3+. The molecule has 90 valence electrons. The van der Waals surface area contributed by atoms with E-state index in [2.05, 4.69) is 0 Å². The van der Waals surface area contributed by atoms with Gasteiger partial charge in [-0.3, -0.25) is 5.21 Å². The molecule has 2 heterocycles. The molecular weight excluding hydrogens is 220 g/mol. The van der Waals surface area contributed by atoms with Crippen molar-refractivity contribution >= 4 is 11.9 Å². The molecule has 0 aromatic carbocycles. The van der Waals surface area contributed by atoms with Crippen LogP contribution in [0.15, 0.2) is 22.8 Å². The van der Waals surface area contributed by atoms with Crippen molar-refractivity contribution in [2.24, 2.45) is 0 Å². The van der Waals surface area contributed by atoms with Gasteiger partial charge in [0.05, 0.1) is 6.26 Å². The Labute approximate surface area is 98.8 Å². The maximum absolute atomic E-state index is 12.3. The van der Waals surface area contributed by atoms with Crippen molar-refractivity contribution in [3.63, 3.8) is 0 Å². The average Bonchev–Trinajstić information content (AvgIpc) is 2.87. The first-order chi connectivity index (χ1) is 8.27. The van der Waals surface area contributed by atoms with Crippen molar-refractivity contribution < 1.29 is 19.1 Å². The molecule has 2 aliphatic rings. The van der Waals surface area contributed by atoms with Gasteiger partial charge in [-0.2, -0.15) is 4.74 Å². The Morgan fingerprint density at radius 1 is 1.29 bits per heavy atom. The maximum atomic E-state index is 12.3. The predicted molar refractivity (Wildman–Crippen MR) is 60.6 cm³/mol. The van der Waals surface area contributed by atoms with Crippen molar-refractivity contribution in [1.29, 1.82) is 0 Å². The van der Waals surface area contributed by atoms with Gasteiger partial charge in [-0.25, -0.2) is 0 Å². The van der Waals surface area contributed by atoms with Crippen LogP contribution in [0.2, 0.25) is 0 Å². The molecule has 0 spiro atoms. The predicted octanol–water partition coefficient (Wildman–Crippen LogP) is 1.38. The van der Waals surface area contributed by atoms with E-state index in [1.54, 1.807) is 12.1 Å². The Hall–Kier alpha value is -1.78. The molecule has 1 saturated carbocycles. The van der Waals surface area contributed by atoms with Gasteiger partial charge in [0, 0.05) is 12.8 Å². The fraction of sp³-hybridized carbons (Fsp3) is 0.500. The molecule has 0 radical (unpaired) electrons. The lowest BCUT2D eigenvalue weighted by Crippen LogP contribution is -2.51. The van der Waals surface area contributed by atoms with E-state index < -0.39 is 0 Å². The third kappa shape index (κ3) is 1.62. The van der Waals surface area contributed by atoms with E-state index in [0.29, 0.717) is 11.5 Å². The van der Waals surface area contributed by atoms with E-state index in [1.165, 1.54) is 17.2 Å². The van der Waals surface area contributed by atoms with Crippen molar-refractivity contribution in [2.75, 3.05) is 0 Å². The van der Waals surface area contributed by atoms with Gasteiger partial charge in [0.1, 0.15) is 0 Å². The molecule has 1 N–H and O–H groups in total. The monoisotopic (exact) mass is 235 g/mol. The Bertz CT molecular complexity index is 476. The van der Waals surface area contributed by atoms with Crippen molar-refractivity contribution in [3.05, 3.63) is 29.4 Å². The molecule has 1 aromatic heterocycles. The largest absolute Gasteiger partial charge is 0.623 e. The summed E-state index contributed by atoms with van der Waals surface area (Å²) in [6, 6.07) is 3.21. The van der Waals surface area contributed by atoms with Crippen molar-refractivity contribution in [1.82, 2.24) is 0 Å². The number of rotatable bonds is 1. The average molecular weight is 235 g/mol. The zero-order valence-electron chi connectivity index (χ0n) is 9.45. The van der Waals surface area contributed by atoms with Gasteiger partial charge >= 0.3 is 5.71 Å². The smallest absolute Gasteiger partial charge is 0.322 e. The Morgan fingerprint density at radius 3 is 2.76 bits per heavy atom. The fourth-order valence-electron chi connectivity index (χ4n) is 2.73. The van der Waals surface area contributed by atoms with Gasteiger partial charge in [0.2, 0.25) is 11.8 Å². The Kier molecular flexibility index (Phi) is 2.39. The molecule has 0 unspecified atom stereocenters. The third-order valence-electron chi connectivity index (χ3n) is 3.60. The van der Waals surface area contributed by atoms with Crippen LogP contribution in [0.4, 0.5) is 0 Å². The lowest BCUT2D eigenvalue weighted by molar-refractivity contribution is -0.819. The van der Waals surface area contributed by atoms with Crippen molar-refractivity contribution in [3.8, 4) is 0 Å². The zero-order valence-corrected chi connectivity index (χ0v) is 9.45. The summed E-state index contributed by atoms with van der Waals surface area (Å²) in [4.78, 5) is 0. The lowest BCUT2D eigenvalue weighted by atomic mass is 9.89. The summed E-state index contributed by atoms with van der Waals surface area (Å²) in [5, 5.41) is 22.2. The standard InChI is InChI=1S/C12H15N2O3/c15-13-8-11(12-6-3-7-17-12)14(16)10-5-2-1-4-9(10)13/h3,6-10,15H,1-2,4-5H2/q+1/t9-,10+/m1/s1. The first kappa shape index (κ1) is 10.4. The summed E-state index contributed by atoms with van der Waals surface area (Å²) in [5.74, 6) is 0.503. The maximum Gasteiger partial charge on any atom is 0.322 e. The topological polar surface area (TPSA) is 62.5 Å². The van der Waals surface area contributed by atoms with Crippen LogP contribution >= 0.6 is 0 Å². The van der Waals surface area contributed by atoms with Crippen LogP contribution in [0.25, 0.3) is 0 Å². The van der Waals surface area contributed by atoms with Crippen LogP contribution in [-0.4, -0.2) is 38.7 Å². The number of hydroxylamine groups is 2. The molecule has 1 aliphatic heterocycles. The third-order valence-corrected chi connectivity index (χ3v) is 3.60. The van der Waals surface area contributed by atoms with Gasteiger partial charge in [-0.05, 0) is 29.7 Å². The molecule has 0 bridgehead atoms. The second-order valence-electron chi connectivity index (χ2n) is 4.62. The van der Waals surface area contributed by atoms with Crippen LogP contribution in [0.1, 0.15) is 31.4 Å². The fourth-order valence-corrected chi connectivity index (χ4v) is 2.73. The van der Waals surface area contributed by atoms with Crippen LogP contribution in [-0.2, 0) is 0 Å². The SMILES string of the molecule is [O-][N+]1=C(c2ccco2)C=[N+](O)[C@@H]2CCCC[C@@H]21. The summed E-state index contributed by atoms with van der Waals surface area (Å²) < 4.78 is 7.40. The molecule has 0 amide bonds.